The highest BCUT2D eigenvalue weighted by molar-refractivity contribution is 7.98. The van der Waals surface area contributed by atoms with Crippen LogP contribution < -0.4 is 5.32 Å². The molecule has 2 aromatic carbocycles. The van der Waals surface area contributed by atoms with Crippen molar-refractivity contribution < 1.29 is 33.7 Å². The second kappa shape index (κ2) is 11.7. The van der Waals surface area contributed by atoms with Crippen LogP contribution in [0.5, 0.6) is 0 Å². The molecule has 4 fully saturated rings. The molecule has 0 bridgehead atoms. The van der Waals surface area contributed by atoms with Crippen LogP contribution in [-0.2, 0) is 24.8 Å². The summed E-state index contributed by atoms with van der Waals surface area (Å²) in [6.07, 6.45) is 2.90. The number of fused-ring (bicyclic) bond motifs is 7. The molecule has 0 radical (unpaired) electrons. The Bertz CT molecular complexity index is 1640. The van der Waals surface area contributed by atoms with Gasteiger partial charge in [-0.15, -0.1) is 11.8 Å². The number of alkyl halides is 1. The Morgan fingerprint density at radius 2 is 1.91 bits per heavy atom. The van der Waals surface area contributed by atoms with Gasteiger partial charge in [-0.05, 0) is 88.3 Å². The van der Waals surface area contributed by atoms with E-state index in [2.05, 4.69) is 37.4 Å². The van der Waals surface area contributed by atoms with E-state index < -0.39 is 58.9 Å². The van der Waals surface area contributed by atoms with Crippen molar-refractivity contribution in [3.8, 4) is 0 Å². The Balaban J connectivity index is 1.12. The van der Waals surface area contributed by atoms with Crippen LogP contribution >= 0.6 is 11.8 Å². The number of rotatable bonds is 8. The fraction of sp³-hybridized carbons (Fsp3) is 0.526. The van der Waals surface area contributed by atoms with E-state index in [1.165, 1.54) is 17.0 Å². The first kappa shape index (κ1) is 32.7. The number of ether oxygens (including phenoxy) is 2. The summed E-state index contributed by atoms with van der Waals surface area (Å²) in [5.41, 5.74) is -1.99. The van der Waals surface area contributed by atoms with Crippen LogP contribution in [0.1, 0.15) is 70.8 Å². The van der Waals surface area contributed by atoms with Crippen LogP contribution in [0.3, 0.4) is 0 Å². The molecule has 4 aliphatic carbocycles. The van der Waals surface area contributed by atoms with Crippen molar-refractivity contribution in [2.45, 2.75) is 99.8 Å². The zero-order chi connectivity index (χ0) is 33.4. The van der Waals surface area contributed by atoms with E-state index in [9.17, 15) is 19.8 Å². The quantitative estimate of drug-likeness (QED) is 0.276. The van der Waals surface area contributed by atoms with Crippen molar-refractivity contribution in [2.75, 3.05) is 11.9 Å². The molecule has 5 aliphatic rings. The number of carbonyl (C=O) groups excluding carboxylic acids is 2. The summed E-state index contributed by atoms with van der Waals surface area (Å²) in [5, 5.41) is 25.4. The van der Waals surface area contributed by atoms with Crippen LogP contribution in [0.4, 0.5) is 10.1 Å². The lowest BCUT2D eigenvalue weighted by Crippen LogP contribution is -2.69. The Kier molecular flexibility index (Phi) is 8.11. The lowest BCUT2D eigenvalue weighted by Gasteiger charge is -2.62. The van der Waals surface area contributed by atoms with Gasteiger partial charge < -0.3 is 25.0 Å². The van der Waals surface area contributed by atoms with Crippen molar-refractivity contribution in [3.63, 3.8) is 0 Å². The zero-order valence-corrected chi connectivity index (χ0v) is 28.2. The second-order valence-electron chi connectivity index (χ2n) is 14.7. The summed E-state index contributed by atoms with van der Waals surface area (Å²) in [6.45, 7) is 7.16. The number of nitrogens with one attached hydrogen (secondary N) is 1. The molecule has 250 valence electrons. The second-order valence-corrected chi connectivity index (χ2v) is 15.8. The van der Waals surface area contributed by atoms with Gasteiger partial charge in [0.15, 0.2) is 29.1 Å². The molecule has 1 saturated heterocycles. The highest BCUT2D eigenvalue weighted by Gasteiger charge is 2.79. The molecule has 47 heavy (non-hydrogen) atoms. The molecule has 9 atom stereocenters. The Morgan fingerprint density at radius 1 is 1.15 bits per heavy atom. The number of thioether (sulfide) groups is 1. The smallest absolute Gasteiger partial charge is 0.193 e. The van der Waals surface area contributed by atoms with Crippen molar-refractivity contribution in [1.82, 2.24) is 0 Å². The summed E-state index contributed by atoms with van der Waals surface area (Å²) in [5.74, 6) is -0.815. The van der Waals surface area contributed by atoms with E-state index in [0.29, 0.717) is 30.9 Å². The van der Waals surface area contributed by atoms with Crippen LogP contribution in [0, 0.1) is 22.7 Å². The first-order valence-corrected chi connectivity index (χ1v) is 17.7. The van der Waals surface area contributed by atoms with Gasteiger partial charge in [0.2, 0.25) is 0 Å². The van der Waals surface area contributed by atoms with Crippen molar-refractivity contribution in [3.05, 3.63) is 83.5 Å². The van der Waals surface area contributed by atoms with E-state index >= 15 is 4.39 Å². The number of Topliss-reactive ketones (excluding diaryl/α,β-unsaturated/α-hetero) is 1. The van der Waals surface area contributed by atoms with Crippen LogP contribution in [0.2, 0.25) is 0 Å². The van der Waals surface area contributed by atoms with Gasteiger partial charge >= 0.3 is 0 Å². The Labute approximate surface area is 280 Å². The topological polar surface area (TPSA) is 105 Å². The molecule has 0 aromatic heterocycles. The molecule has 0 spiro atoms. The molecular weight excluding hydrogens is 617 g/mol. The summed E-state index contributed by atoms with van der Waals surface area (Å²) < 4.78 is 30.8. The third-order valence-corrected chi connectivity index (χ3v) is 13.0. The van der Waals surface area contributed by atoms with Gasteiger partial charge in [0.1, 0.15) is 6.61 Å². The summed E-state index contributed by atoms with van der Waals surface area (Å²) in [7, 11) is 0. The van der Waals surface area contributed by atoms with Gasteiger partial charge in [-0.3, -0.25) is 9.59 Å². The molecule has 1 heterocycles. The minimum absolute atomic E-state index is 0.0301. The first-order chi connectivity index (χ1) is 22.4. The molecule has 3 N–H and O–H groups in total. The van der Waals surface area contributed by atoms with Gasteiger partial charge in [0.05, 0.1) is 12.2 Å². The molecule has 0 amide bonds. The lowest BCUT2D eigenvalue weighted by atomic mass is 9.44. The standard InChI is InChI=1S/C38H44FNO6S/c1-22(2)40-26-6-5-7-28(17-26)47-21-23-8-10-24(11-9-23)34-45-33-18-30-29-13-12-25-16-27(42)14-15-35(25,3)37(29,39)31(43)19-36(30,4)38(33,46-34)32(44)20-41/h5-11,14-17,22,29-31,33-34,40-41,43H,12-13,18-21H2,1-4H3/t29-,30-,31-,33+,34+,35-,36-,37-,38+/m0/s1. The molecule has 9 heteroatoms. The molecular formula is C38H44FNO6S. The SMILES string of the molecule is CC(C)Nc1cccc(SCc2ccc([C@@H]3O[C@@H]4C[C@H]5[C@@H]6CCC7=CC(=O)C=C[C@]7(C)[C@@]6(F)[C@@H](O)C[C@]5(C)[C@]4(C(=O)CO)O3)cc2)c1. The number of benzene rings is 2. The number of allylic oxidation sites excluding steroid dienone is 4. The summed E-state index contributed by atoms with van der Waals surface area (Å²) >= 11 is 1.75. The number of aliphatic hydroxyl groups excluding tert-OH is 2. The van der Waals surface area contributed by atoms with Crippen LogP contribution in [0.15, 0.2) is 77.2 Å². The van der Waals surface area contributed by atoms with Gasteiger partial charge in [0.25, 0.3) is 0 Å². The molecule has 3 saturated carbocycles. The normalized spacial score (nSPS) is 38.8. The monoisotopic (exact) mass is 661 g/mol. The highest BCUT2D eigenvalue weighted by Crippen LogP contribution is 2.72. The molecule has 0 unspecified atom stereocenters. The first-order valence-electron chi connectivity index (χ1n) is 16.7. The average molecular weight is 662 g/mol. The van der Waals surface area contributed by atoms with Crippen LogP contribution in [0.25, 0.3) is 0 Å². The molecule has 7 nitrogen and oxygen atoms in total. The largest absolute Gasteiger partial charge is 0.390 e. The number of ketones is 2. The summed E-state index contributed by atoms with van der Waals surface area (Å²) in [4.78, 5) is 27.1. The minimum Gasteiger partial charge on any atom is -0.390 e. The highest BCUT2D eigenvalue weighted by atomic mass is 32.2. The third-order valence-electron chi connectivity index (χ3n) is 11.9. The Morgan fingerprint density at radius 3 is 2.64 bits per heavy atom. The van der Waals surface area contributed by atoms with E-state index in [-0.39, 0.29) is 18.1 Å². The maximum absolute atomic E-state index is 17.6. The fourth-order valence-electron chi connectivity index (χ4n) is 9.67. The summed E-state index contributed by atoms with van der Waals surface area (Å²) in [6, 6.07) is 16.7. The van der Waals surface area contributed by atoms with Crippen molar-refractivity contribution in [1.29, 1.82) is 0 Å². The molecule has 2 aromatic rings. The van der Waals surface area contributed by atoms with Gasteiger partial charge in [-0.2, -0.15) is 0 Å². The average Bonchev–Trinajstić information content (AvgIpc) is 3.54. The molecule has 7 rings (SSSR count). The Hall–Kier alpha value is -2.82. The predicted molar refractivity (Wildman–Crippen MR) is 178 cm³/mol. The number of aliphatic hydroxyl groups is 2. The number of hydrogen-bond acceptors (Lipinski definition) is 8. The van der Waals surface area contributed by atoms with E-state index in [0.717, 1.165) is 22.6 Å². The van der Waals surface area contributed by atoms with Crippen LogP contribution in [-0.4, -0.2) is 57.9 Å². The van der Waals surface area contributed by atoms with E-state index in [1.54, 1.807) is 24.8 Å². The fourth-order valence-corrected chi connectivity index (χ4v) is 10.6. The zero-order valence-electron chi connectivity index (χ0n) is 27.4. The van der Waals surface area contributed by atoms with Gasteiger partial charge in [-0.25, -0.2) is 4.39 Å². The van der Waals surface area contributed by atoms with Crippen molar-refractivity contribution in [2.24, 2.45) is 22.7 Å². The van der Waals surface area contributed by atoms with Gasteiger partial charge in [-0.1, -0.05) is 48.9 Å². The molecule has 1 aliphatic heterocycles. The number of anilines is 1. The van der Waals surface area contributed by atoms with Gasteiger partial charge in [0, 0.05) is 44.7 Å². The maximum Gasteiger partial charge on any atom is 0.193 e. The van der Waals surface area contributed by atoms with Crippen molar-refractivity contribution >= 4 is 29.0 Å². The minimum atomic E-state index is -2.03. The third kappa shape index (κ3) is 4.83. The number of halogens is 1. The number of hydrogen-bond donors (Lipinski definition) is 3. The van der Waals surface area contributed by atoms with E-state index in [4.69, 9.17) is 9.47 Å². The predicted octanol–water partition coefficient (Wildman–Crippen LogP) is 6.49. The number of carbonyl (C=O) groups is 2. The van der Waals surface area contributed by atoms with E-state index in [1.807, 2.05) is 37.3 Å². The lowest BCUT2D eigenvalue weighted by molar-refractivity contribution is -0.231. The maximum atomic E-state index is 17.6.